The molecule has 0 bridgehead atoms. The second-order valence-corrected chi connectivity index (χ2v) is 7.71. The molecule has 1 aromatic rings. The van der Waals surface area contributed by atoms with Gasteiger partial charge in [0.2, 0.25) is 5.89 Å². The van der Waals surface area contributed by atoms with Gasteiger partial charge in [0.1, 0.15) is 6.10 Å². The third kappa shape index (κ3) is 4.40. The van der Waals surface area contributed by atoms with Gasteiger partial charge in [0.05, 0.1) is 6.10 Å². The van der Waals surface area contributed by atoms with Crippen molar-refractivity contribution in [1.29, 1.82) is 0 Å². The van der Waals surface area contributed by atoms with E-state index < -0.39 is 0 Å². The highest BCUT2D eigenvalue weighted by molar-refractivity contribution is 5.81. The summed E-state index contributed by atoms with van der Waals surface area (Å²) in [7, 11) is 0. The van der Waals surface area contributed by atoms with Gasteiger partial charge in [-0.1, -0.05) is 38.8 Å². The smallest absolute Gasteiger partial charge is 0.251 e. The topological polar surface area (TPSA) is 68.5 Å². The van der Waals surface area contributed by atoms with Crippen LogP contribution in [-0.4, -0.2) is 46.2 Å². The van der Waals surface area contributed by atoms with Gasteiger partial charge >= 0.3 is 0 Å². The molecule has 1 amide bonds. The maximum atomic E-state index is 12.9. The predicted octanol–water partition coefficient (Wildman–Crippen LogP) is 3.64. The van der Waals surface area contributed by atoms with Crippen molar-refractivity contribution in [1.82, 2.24) is 15.0 Å². The lowest BCUT2D eigenvalue weighted by Crippen LogP contribution is -2.46. The number of aromatic nitrogens is 2. The van der Waals surface area contributed by atoms with Crippen molar-refractivity contribution in [3.05, 3.63) is 11.7 Å². The van der Waals surface area contributed by atoms with E-state index in [1.54, 1.807) is 0 Å². The SMILES string of the molecule is CC[C@@H](OC1CCCC1)C(=O)N1CCC[C@H](c2noc(C(C)C)n2)C1. The fourth-order valence-electron chi connectivity index (χ4n) is 3.83. The third-order valence-corrected chi connectivity index (χ3v) is 5.35. The molecule has 2 fully saturated rings. The first-order valence-electron chi connectivity index (χ1n) is 9.86. The number of carbonyl (C=O) groups excluding carboxylic acids is 1. The van der Waals surface area contributed by atoms with Crippen molar-refractivity contribution in [2.45, 2.75) is 89.8 Å². The van der Waals surface area contributed by atoms with Crippen molar-refractivity contribution in [3.63, 3.8) is 0 Å². The van der Waals surface area contributed by atoms with Crippen LogP contribution in [0.1, 0.15) is 89.3 Å². The van der Waals surface area contributed by atoms with Crippen LogP contribution in [0.4, 0.5) is 0 Å². The average molecular weight is 349 g/mol. The van der Waals surface area contributed by atoms with Crippen LogP contribution in [0.3, 0.4) is 0 Å². The Bertz CT molecular complexity index is 566. The van der Waals surface area contributed by atoms with Gasteiger partial charge in [-0.15, -0.1) is 0 Å². The van der Waals surface area contributed by atoms with E-state index in [1.807, 2.05) is 25.7 Å². The van der Waals surface area contributed by atoms with Crippen molar-refractivity contribution in [2.24, 2.45) is 0 Å². The second-order valence-electron chi connectivity index (χ2n) is 7.71. The second kappa shape index (κ2) is 8.30. The molecule has 1 aliphatic heterocycles. The summed E-state index contributed by atoms with van der Waals surface area (Å²) in [5.41, 5.74) is 0. The van der Waals surface area contributed by atoms with E-state index >= 15 is 0 Å². The lowest BCUT2D eigenvalue weighted by molar-refractivity contribution is -0.149. The summed E-state index contributed by atoms with van der Waals surface area (Å²) in [5, 5.41) is 4.15. The number of nitrogens with zero attached hydrogens (tertiary/aromatic N) is 3. The van der Waals surface area contributed by atoms with E-state index in [4.69, 9.17) is 9.26 Å². The summed E-state index contributed by atoms with van der Waals surface area (Å²) in [6.45, 7) is 7.59. The molecule has 0 spiro atoms. The van der Waals surface area contributed by atoms with E-state index in [9.17, 15) is 4.79 Å². The zero-order valence-corrected chi connectivity index (χ0v) is 15.7. The van der Waals surface area contributed by atoms with Crippen LogP contribution in [0, 0.1) is 0 Å². The molecule has 0 N–H and O–H groups in total. The standard InChI is InChI=1S/C19H31N3O3/c1-4-16(24-15-9-5-6-10-15)19(23)22-11-7-8-14(12-22)17-20-18(13(2)3)25-21-17/h13-16H,4-12H2,1-3H3/t14-,16+/m0/s1. The van der Waals surface area contributed by atoms with Gasteiger partial charge in [0, 0.05) is 24.9 Å². The first-order chi connectivity index (χ1) is 12.1. The number of likely N-dealkylation sites (tertiary alicyclic amines) is 1. The minimum absolute atomic E-state index is 0.131. The largest absolute Gasteiger partial charge is 0.365 e. The molecule has 1 aromatic heterocycles. The van der Waals surface area contributed by atoms with Crippen molar-refractivity contribution in [3.8, 4) is 0 Å². The molecule has 140 valence electrons. The van der Waals surface area contributed by atoms with Crippen LogP contribution in [0.25, 0.3) is 0 Å². The van der Waals surface area contributed by atoms with E-state index in [1.165, 1.54) is 12.8 Å². The number of carbonyl (C=O) groups is 1. The van der Waals surface area contributed by atoms with Crippen molar-refractivity contribution < 1.29 is 14.1 Å². The van der Waals surface area contributed by atoms with Gasteiger partial charge in [-0.2, -0.15) is 4.98 Å². The molecule has 25 heavy (non-hydrogen) atoms. The molecule has 0 radical (unpaired) electrons. The van der Waals surface area contributed by atoms with E-state index in [-0.39, 0.29) is 30.0 Å². The van der Waals surface area contributed by atoms with Crippen LogP contribution in [0.15, 0.2) is 4.52 Å². The number of hydrogen-bond donors (Lipinski definition) is 0. The number of rotatable bonds is 6. The van der Waals surface area contributed by atoms with E-state index in [2.05, 4.69) is 10.1 Å². The van der Waals surface area contributed by atoms with Gasteiger partial charge in [0.25, 0.3) is 5.91 Å². The molecule has 2 heterocycles. The molecule has 3 rings (SSSR count). The molecule has 1 aliphatic carbocycles. The zero-order chi connectivity index (χ0) is 17.8. The van der Waals surface area contributed by atoms with Crippen LogP contribution < -0.4 is 0 Å². The van der Waals surface area contributed by atoms with Crippen molar-refractivity contribution >= 4 is 5.91 Å². The Morgan fingerprint density at radius 2 is 2.04 bits per heavy atom. The Morgan fingerprint density at radius 1 is 1.28 bits per heavy atom. The normalized spacial score (nSPS) is 23.4. The molecule has 6 heteroatoms. The Balaban J connectivity index is 1.61. The highest BCUT2D eigenvalue weighted by Crippen LogP contribution is 2.28. The first-order valence-corrected chi connectivity index (χ1v) is 9.86. The fraction of sp³-hybridized carbons (Fsp3) is 0.842. The quantitative estimate of drug-likeness (QED) is 0.784. The predicted molar refractivity (Wildman–Crippen MR) is 94.4 cm³/mol. The molecule has 1 saturated heterocycles. The minimum atomic E-state index is -0.307. The van der Waals surface area contributed by atoms with Crippen LogP contribution in [-0.2, 0) is 9.53 Å². The maximum absolute atomic E-state index is 12.9. The lowest BCUT2D eigenvalue weighted by atomic mass is 9.96. The average Bonchev–Trinajstić information content (AvgIpc) is 3.31. The van der Waals surface area contributed by atoms with Crippen LogP contribution >= 0.6 is 0 Å². The maximum Gasteiger partial charge on any atom is 0.251 e. The fourth-order valence-corrected chi connectivity index (χ4v) is 3.83. The van der Waals surface area contributed by atoms with Crippen molar-refractivity contribution in [2.75, 3.05) is 13.1 Å². The van der Waals surface area contributed by atoms with Crippen LogP contribution in [0.2, 0.25) is 0 Å². The zero-order valence-electron chi connectivity index (χ0n) is 15.7. The van der Waals surface area contributed by atoms with Gasteiger partial charge in [0.15, 0.2) is 5.82 Å². The summed E-state index contributed by atoms with van der Waals surface area (Å²) < 4.78 is 11.5. The first kappa shape index (κ1) is 18.4. The summed E-state index contributed by atoms with van der Waals surface area (Å²) >= 11 is 0. The summed E-state index contributed by atoms with van der Waals surface area (Å²) in [6, 6.07) is 0. The molecular weight excluding hydrogens is 318 g/mol. The highest BCUT2D eigenvalue weighted by Gasteiger charge is 2.33. The van der Waals surface area contributed by atoms with Gasteiger partial charge < -0.3 is 14.2 Å². The molecule has 1 saturated carbocycles. The lowest BCUT2D eigenvalue weighted by Gasteiger charge is -2.34. The Morgan fingerprint density at radius 3 is 2.68 bits per heavy atom. The molecule has 6 nitrogen and oxygen atoms in total. The van der Waals surface area contributed by atoms with Gasteiger partial charge in [-0.3, -0.25) is 4.79 Å². The van der Waals surface area contributed by atoms with E-state index in [0.717, 1.165) is 44.5 Å². The number of piperidine rings is 1. The number of amides is 1. The number of hydrogen-bond acceptors (Lipinski definition) is 5. The van der Waals surface area contributed by atoms with Crippen LogP contribution in [0.5, 0.6) is 0 Å². The summed E-state index contributed by atoms with van der Waals surface area (Å²) in [5.74, 6) is 1.94. The Labute approximate surface area is 150 Å². The number of ether oxygens (including phenoxy) is 1. The highest BCUT2D eigenvalue weighted by atomic mass is 16.5. The molecule has 2 aliphatic rings. The molecule has 0 unspecified atom stereocenters. The Kier molecular flexibility index (Phi) is 6.10. The Hall–Kier alpha value is -1.43. The minimum Gasteiger partial charge on any atom is -0.365 e. The van der Waals surface area contributed by atoms with Gasteiger partial charge in [-0.05, 0) is 32.1 Å². The van der Waals surface area contributed by atoms with E-state index in [0.29, 0.717) is 12.4 Å². The molecule has 2 atom stereocenters. The van der Waals surface area contributed by atoms with Gasteiger partial charge in [-0.25, -0.2) is 0 Å². The monoisotopic (exact) mass is 349 g/mol. The molecular formula is C19H31N3O3. The third-order valence-electron chi connectivity index (χ3n) is 5.35. The summed E-state index contributed by atoms with van der Waals surface area (Å²) in [6.07, 6.45) is 7.28. The molecule has 0 aromatic carbocycles. The summed E-state index contributed by atoms with van der Waals surface area (Å²) in [4.78, 5) is 19.4.